The third-order valence-corrected chi connectivity index (χ3v) is 3.51. The van der Waals surface area contributed by atoms with Crippen molar-refractivity contribution in [1.82, 2.24) is 5.32 Å². The zero-order chi connectivity index (χ0) is 12.3. The van der Waals surface area contributed by atoms with Crippen molar-refractivity contribution in [2.75, 3.05) is 6.61 Å². The van der Waals surface area contributed by atoms with Crippen molar-refractivity contribution in [3.63, 3.8) is 0 Å². The SMILES string of the molecule is CC(C)C1CC(N[C@H](C)c2ccco2)CCO1. The summed E-state index contributed by atoms with van der Waals surface area (Å²) in [6.45, 7) is 7.47. The highest BCUT2D eigenvalue weighted by atomic mass is 16.5. The highest BCUT2D eigenvalue weighted by Crippen LogP contribution is 2.23. The predicted molar refractivity (Wildman–Crippen MR) is 67.9 cm³/mol. The maximum atomic E-state index is 5.78. The van der Waals surface area contributed by atoms with Crippen LogP contribution in [0.1, 0.15) is 45.4 Å². The van der Waals surface area contributed by atoms with Gasteiger partial charge in [-0.1, -0.05) is 13.8 Å². The molecule has 1 aliphatic rings. The van der Waals surface area contributed by atoms with Gasteiger partial charge in [0.1, 0.15) is 5.76 Å². The molecule has 0 spiro atoms. The van der Waals surface area contributed by atoms with Gasteiger partial charge in [-0.25, -0.2) is 0 Å². The molecule has 1 aromatic rings. The van der Waals surface area contributed by atoms with Gasteiger partial charge >= 0.3 is 0 Å². The average molecular weight is 237 g/mol. The summed E-state index contributed by atoms with van der Waals surface area (Å²) < 4.78 is 11.2. The normalized spacial score (nSPS) is 27.3. The number of hydrogen-bond donors (Lipinski definition) is 1. The Labute approximate surface area is 104 Å². The molecule has 1 fully saturated rings. The van der Waals surface area contributed by atoms with Crippen LogP contribution in [0.25, 0.3) is 0 Å². The maximum Gasteiger partial charge on any atom is 0.120 e. The third kappa shape index (κ3) is 3.33. The monoisotopic (exact) mass is 237 g/mol. The molecule has 0 aliphatic carbocycles. The average Bonchev–Trinajstić information content (AvgIpc) is 2.82. The van der Waals surface area contributed by atoms with Crippen LogP contribution in [0.15, 0.2) is 22.8 Å². The Morgan fingerprint density at radius 2 is 2.18 bits per heavy atom. The summed E-state index contributed by atoms with van der Waals surface area (Å²) in [6, 6.07) is 4.78. The quantitative estimate of drug-likeness (QED) is 0.873. The lowest BCUT2D eigenvalue weighted by molar-refractivity contribution is -0.0260. The lowest BCUT2D eigenvalue weighted by Gasteiger charge is -2.33. The van der Waals surface area contributed by atoms with Crippen molar-refractivity contribution in [3.05, 3.63) is 24.2 Å². The molecule has 17 heavy (non-hydrogen) atoms. The molecule has 1 saturated heterocycles. The molecule has 1 N–H and O–H groups in total. The van der Waals surface area contributed by atoms with Gasteiger partial charge < -0.3 is 14.5 Å². The molecule has 2 unspecified atom stereocenters. The lowest BCUT2D eigenvalue weighted by Crippen LogP contribution is -2.41. The number of hydrogen-bond acceptors (Lipinski definition) is 3. The molecule has 3 heteroatoms. The molecular formula is C14H23NO2. The van der Waals surface area contributed by atoms with E-state index < -0.39 is 0 Å². The topological polar surface area (TPSA) is 34.4 Å². The van der Waals surface area contributed by atoms with E-state index in [9.17, 15) is 0 Å². The highest BCUT2D eigenvalue weighted by molar-refractivity contribution is 5.03. The summed E-state index contributed by atoms with van der Waals surface area (Å²) >= 11 is 0. The van der Waals surface area contributed by atoms with Crippen LogP contribution in [-0.2, 0) is 4.74 Å². The predicted octanol–water partition coefficient (Wildman–Crippen LogP) is 3.13. The molecule has 96 valence electrons. The van der Waals surface area contributed by atoms with E-state index in [0.717, 1.165) is 25.2 Å². The molecule has 0 radical (unpaired) electrons. The standard InChI is InChI=1S/C14H23NO2/c1-10(2)14-9-12(6-8-17-14)15-11(3)13-5-4-7-16-13/h4-5,7,10-12,14-15H,6,8-9H2,1-3H3/t11-,12?,14?/m1/s1. The Kier molecular flexibility index (Phi) is 4.24. The molecule has 0 aromatic carbocycles. The van der Waals surface area contributed by atoms with E-state index in [2.05, 4.69) is 26.1 Å². The van der Waals surface area contributed by atoms with E-state index in [1.54, 1.807) is 6.26 Å². The Balaban J connectivity index is 1.86. The lowest BCUT2D eigenvalue weighted by atomic mass is 9.95. The van der Waals surface area contributed by atoms with Gasteiger partial charge in [-0.3, -0.25) is 0 Å². The molecular weight excluding hydrogens is 214 g/mol. The molecule has 3 nitrogen and oxygen atoms in total. The van der Waals surface area contributed by atoms with Gasteiger partial charge in [0.05, 0.1) is 18.4 Å². The molecule has 0 amide bonds. The van der Waals surface area contributed by atoms with Crippen LogP contribution in [-0.4, -0.2) is 18.8 Å². The zero-order valence-electron chi connectivity index (χ0n) is 11.0. The van der Waals surface area contributed by atoms with E-state index in [1.165, 1.54) is 0 Å². The minimum absolute atomic E-state index is 0.279. The smallest absolute Gasteiger partial charge is 0.120 e. The van der Waals surface area contributed by atoms with E-state index in [0.29, 0.717) is 18.1 Å². The Morgan fingerprint density at radius 3 is 2.82 bits per heavy atom. The molecule has 1 aliphatic heterocycles. The fraction of sp³-hybridized carbons (Fsp3) is 0.714. The summed E-state index contributed by atoms with van der Waals surface area (Å²) in [5.41, 5.74) is 0. The maximum absolute atomic E-state index is 5.78. The Hall–Kier alpha value is -0.800. The zero-order valence-corrected chi connectivity index (χ0v) is 11.0. The van der Waals surface area contributed by atoms with Crippen LogP contribution in [0.4, 0.5) is 0 Å². The van der Waals surface area contributed by atoms with Crippen molar-refractivity contribution >= 4 is 0 Å². The summed E-state index contributed by atoms with van der Waals surface area (Å²) in [6.07, 6.45) is 4.32. The summed E-state index contributed by atoms with van der Waals surface area (Å²) in [7, 11) is 0. The summed E-state index contributed by atoms with van der Waals surface area (Å²) in [5.74, 6) is 1.61. The first kappa shape index (κ1) is 12.7. The van der Waals surface area contributed by atoms with Crippen molar-refractivity contribution in [1.29, 1.82) is 0 Å². The van der Waals surface area contributed by atoms with Crippen LogP contribution in [0, 0.1) is 5.92 Å². The Bertz CT molecular complexity index is 321. The molecule has 0 bridgehead atoms. The minimum Gasteiger partial charge on any atom is -0.468 e. The Morgan fingerprint density at radius 1 is 1.35 bits per heavy atom. The van der Waals surface area contributed by atoms with E-state index >= 15 is 0 Å². The van der Waals surface area contributed by atoms with Gasteiger partial charge in [-0.05, 0) is 37.8 Å². The van der Waals surface area contributed by atoms with Gasteiger partial charge in [-0.15, -0.1) is 0 Å². The van der Waals surface area contributed by atoms with Crippen molar-refractivity contribution in [3.8, 4) is 0 Å². The highest BCUT2D eigenvalue weighted by Gasteiger charge is 2.26. The van der Waals surface area contributed by atoms with Crippen molar-refractivity contribution in [2.45, 2.75) is 51.8 Å². The van der Waals surface area contributed by atoms with E-state index in [1.807, 2.05) is 12.1 Å². The molecule has 2 rings (SSSR count). The first-order chi connectivity index (χ1) is 8.16. The van der Waals surface area contributed by atoms with E-state index in [4.69, 9.17) is 9.15 Å². The number of ether oxygens (including phenoxy) is 1. The number of furan rings is 1. The van der Waals surface area contributed by atoms with Crippen LogP contribution >= 0.6 is 0 Å². The number of nitrogens with one attached hydrogen (secondary N) is 1. The first-order valence-corrected chi connectivity index (χ1v) is 6.58. The fourth-order valence-electron chi connectivity index (χ4n) is 2.42. The number of rotatable bonds is 4. The van der Waals surface area contributed by atoms with Gasteiger partial charge in [0, 0.05) is 12.6 Å². The largest absolute Gasteiger partial charge is 0.468 e. The van der Waals surface area contributed by atoms with Crippen LogP contribution in [0.5, 0.6) is 0 Å². The molecule has 0 saturated carbocycles. The van der Waals surface area contributed by atoms with Gasteiger partial charge in [-0.2, -0.15) is 0 Å². The van der Waals surface area contributed by atoms with Crippen LogP contribution in [0.2, 0.25) is 0 Å². The van der Waals surface area contributed by atoms with Crippen LogP contribution < -0.4 is 5.32 Å². The third-order valence-electron chi connectivity index (χ3n) is 3.51. The van der Waals surface area contributed by atoms with Gasteiger partial charge in [0.15, 0.2) is 0 Å². The van der Waals surface area contributed by atoms with Gasteiger partial charge in [0.2, 0.25) is 0 Å². The fourth-order valence-corrected chi connectivity index (χ4v) is 2.42. The van der Waals surface area contributed by atoms with Crippen molar-refractivity contribution < 1.29 is 9.15 Å². The second kappa shape index (κ2) is 5.69. The van der Waals surface area contributed by atoms with Gasteiger partial charge in [0.25, 0.3) is 0 Å². The minimum atomic E-state index is 0.279. The molecule has 1 aromatic heterocycles. The molecule has 2 heterocycles. The second-order valence-corrected chi connectivity index (χ2v) is 5.28. The van der Waals surface area contributed by atoms with Crippen LogP contribution in [0.3, 0.4) is 0 Å². The second-order valence-electron chi connectivity index (χ2n) is 5.28. The van der Waals surface area contributed by atoms with Crippen molar-refractivity contribution in [2.24, 2.45) is 5.92 Å². The molecule has 3 atom stereocenters. The van der Waals surface area contributed by atoms with E-state index in [-0.39, 0.29) is 6.04 Å². The summed E-state index contributed by atoms with van der Waals surface area (Å²) in [4.78, 5) is 0. The summed E-state index contributed by atoms with van der Waals surface area (Å²) in [5, 5.41) is 3.63. The first-order valence-electron chi connectivity index (χ1n) is 6.58.